The monoisotopic (exact) mass is 545 g/mol. The third-order valence-corrected chi connectivity index (χ3v) is 7.20. The van der Waals surface area contributed by atoms with Crippen LogP contribution in [0.2, 0.25) is 0 Å². The Bertz CT molecular complexity index is 1710. The minimum Gasteiger partial charge on any atom is -0.508 e. The summed E-state index contributed by atoms with van der Waals surface area (Å²) in [5.41, 5.74) is 9.28. The van der Waals surface area contributed by atoms with Gasteiger partial charge in [-0.05, 0) is 42.1 Å². The molecule has 0 radical (unpaired) electrons. The zero-order valence-corrected chi connectivity index (χ0v) is 22.1. The molecule has 5 rings (SSSR count). The molecule has 198 valence electrons. The average Bonchev–Trinajstić information content (AvgIpc) is 3.47. The number of benzene rings is 2. The molecule has 10 nitrogen and oxygen atoms in total. The number of ether oxygens (including phenoxy) is 1. The lowest BCUT2D eigenvalue weighted by Crippen LogP contribution is -2.31. The molecule has 3 N–H and O–H groups in total. The molecular formula is C27H24FN7O3S. The Morgan fingerprint density at radius 3 is 2.82 bits per heavy atom. The number of nitrogens with zero attached hydrogens (tertiary/aromatic N) is 6. The molecule has 0 saturated carbocycles. The van der Waals surface area contributed by atoms with E-state index >= 15 is 0 Å². The Morgan fingerprint density at radius 2 is 2.08 bits per heavy atom. The number of aldehydes is 1. The highest BCUT2D eigenvalue weighted by atomic mass is 32.1. The van der Waals surface area contributed by atoms with E-state index in [4.69, 9.17) is 20.6 Å². The fraction of sp³-hybridized carbons (Fsp3) is 0.148. The van der Waals surface area contributed by atoms with Crippen LogP contribution >= 0.6 is 11.3 Å². The van der Waals surface area contributed by atoms with Gasteiger partial charge in [0.15, 0.2) is 11.9 Å². The van der Waals surface area contributed by atoms with Gasteiger partial charge in [0, 0.05) is 18.7 Å². The zero-order chi connectivity index (χ0) is 27.7. The number of para-hydroxylation sites is 2. The standard InChI is InChI=1S/C27H24FN7O3S/c1-15-13-39-27(19(15)12-36)32-22(34(2)20-6-4-5-7-21(20)38-3)11-35-26-23(25(29)30-14-31-26)24(33-35)16-8-17(28)10-18(37)9-16/h4-10,12-14,37H,11H2,1-3H3,(H2,29,30,31). The average molecular weight is 546 g/mol. The minimum atomic E-state index is -0.629. The Balaban J connectivity index is 1.70. The number of anilines is 2. The highest BCUT2D eigenvalue weighted by Crippen LogP contribution is 2.35. The number of fused-ring (bicyclic) bond motifs is 1. The van der Waals surface area contributed by atoms with Crippen molar-refractivity contribution >= 4 is 51.0 Å². The van der Waals surface area contributed by atoms with E-state index in [1.165, 1.54) is 29.8 Å². The number of aliphatic imine (C=N–C) groups is 1. The van der Waals surface area contributed by atoms with E-state index in [1.54, 1.807) is 11.8 Å². The number of amidine groups is 1. The summed E-state index contributed by atoms with van der Waals surface area (Å²) in [5, 5.41) is 17.5. The van der Waals surface area contributed by atoms with Gasteiger partial charge in [-0.25, -0.2) is 24.0 Å². The predicted octanol–water partition coefficient (Wildman–Crippen LogP) is 4.98. The number of phenols is 1. The number of nitrogens with two attached hydrogens (primary N) is 1. The van der Waals surface area contributed by atoms with Gasteiger partial charge >= 0.3 is 0 Å². The first-order valence-corrected chi connectivity index (χ1v) is 12.6. The Kier molecular flexibility index (Phi) is 6.94. The van der Waals surface area contributed by atoms with E-state index in [9.17, 15) is 14.3 Å². The predicted molar refractivity (Wildman–Crippen MR) is 150 cm³/mol. The van der Waals surface area contributed by atoms with E-state index in [2.05, 4.69) is 9.97 Å². The van der Waals surface area contributed by atoms with Crippen molar-refractivity contribution in [3.63, 3.8) is 0 Å². The van der Waals surface area contributed by atoms with Gasteiger partial charge in [0.25, 0.3) is 0 Å². The van der Waals surface area contributed by atoms with Crippen molar-refractivity contribution in [1.29, 1.82) is 0 Å². The van der Waals surface area contributed by atoms with Crippen LogP contribution in [0, 0.1) is 12.7 Å². The number of thiophene rings is 1. The molecule has 0 fully saturated rings. The van der Waals surface area contributed by atoms with E-state index in [-0.39, 0.29) is 18.1 Å². The summed E-state index contributed by atoms with van der Waals surface area (Å²) >= 11 is 1.35. The number of rotatable bonds is 7. The van der Waals surface area contributed by atoms with Crippen LogP contribution in [0.5, 0.6) is 11.5 Å². The normalized spacial score (nSPS) is 11.6. The lowest BCUT2D eigenvalue weighted by Gasteiger charge is -2.23. The van der Waals surface area contributed by atoms with Crippen LogP contribution in [-0.4, -0.2) is 51.1 Å². The van der Waals surface area contributed by atoms with E-state index in [0.717, 1.165) is 23.6 Å². The smallest absolute Gasteiger partial charge is 0.164 e. The van der Waals surface area contributed by atoms with Crippen molar-refractivity contribution in [2.45, 2.75) is 13.5 Å². The summed E-state index contributed by atoms with van der Waals surface area (Å²) in [5.74, 6) is 0.406. The second kappa shape index (κ2) is 10.5. The maximum absolute atomic E-state index is 14.2. The van der Waals surface area contributed by atoms with Crippen LogP contribution in [0.3, 0.4) is 0 Å². The number of carbonyl (C=O) groups excluding carboxylic acids is 1. The number of aromatic hydroxyl groups is 1. The van der Waals surface area contributed by atoms with Crippen molar-refractivity contribution in [1.82, 2.24) is 19.7 Å². The molecule has 3 heterocycles. The lowest BCUT2D eigenvalue weighted by molar-refractivity contribution is 0.112. The van der Waals surface area contributed by atoms with E-state index in [1.807, 2.05) is 48.5 Å². The van der Waals surface area contributed by atoms with Crippen LogP contribution in [0.25, 0.3) is 22.3 Å². The van der Waals surface area contributed by atoms with Gasteiger partial charge in [-0.15, -0.1) is 11.3 Å². The van der Waals surface area contributed by atoms with E-state index in [0.29, 0.717) is 44.4 Å². The molecule has 0 bridgehead atoms. The summed E-state index contributed by atoms with van der Waals surface area (Å²) in [4.78, 5) is 27.0. The molecular weight excluding hydrogens is 521 g/mol. The summed E-state index contributed by atoms with van der Waals surface area (Å²) < 4.78 is 21.3. The van der Waals surface area contributed by atoms with Crippen LogP contribution < -0.4 is 15.4 Å². The first-order chi connectivity index (χ1) is 18.8. The molecule has 0 aliphatic heterocycles. The van der Waals surface area contributed by atoms with Crippen LogP contribution in [0.1, 0.15) is 15.9 Å². The molecule has 0 aliphatic carbocycles. The maximum Gasteiger partial charge on any atom is 0.164 e. The molecule has 3 aromatic heterocycles. The molecule has 0 atom stereocenters. The van der Waals surface area contributed by atoms with Gasteiger partial charge < -0.3 is 20.5 Å². The van der Waals surface area contributed by atoms with Crippen molar-refractivity contribution in [2.75, 3.05) is 24.8 Å². The number of nitrogen functional groups attached to an aromatic ring is 1. The minimum absolute atomic E-state index is 0.0953. The highest BCUT2D eigenvalue weighted by molar-refractivity contribution is 7.14. The SMILES string of the molecule is COc1ccccc1N(C)C(Cn1nc(-c2cc(O)cc(F)c2)c2c(N)ncnc21)=Nc1scc(C)c1C=O. The first-order valence-electron chi connectivity index (χ1n) is 11.7. The lowest BCUT2D eigenvalue weighted by atomic mass is 10.1. The van der Waals surface area contributed by atoms with Gasteiger partial charge in [0.1, 0.15) is 52.5 Å². The number of methoxy groups -OCH3 is 1. The van der Waals surface area contributed by atoms with Crippen molar-refractivity contribution < 1.29 is 19.0 Å². The second-order valence-electron chi connectivity index (χ2n) is 8.68. The molecule has 12 heteroatoms. The number of hydrogen-bond acceptors (Lipinski definition) is 9. The molecule has 5 aromatic rings. The maximum atomic E-state index is 14.2. The van der Waals surface area contributed by atoms with Crippen molar-refractivity contribution in [3.8, 4) is 22.8 Å². The topological polar surface area (TPSA) is 132 Å². The molecule has 2 aromatic carbocycles. The Morgan fingerprint density at radius 1 is 1.28 bits per heavy atom. The number of carbonyl (C=O) groups is 1. The van der Waals surface area contributed by atoms with Gasteiger partial charge in [0.05, 0.1) is 23.7 Å². The fourth-order valence-corrected chi connectivity index (χ4v) is 5.15. The Hall–Kier alpha value is -4.84. The van der Waals surface area contributed by atoms with Gasteiger partial charge in [-0.1, -0.05) is 12.1 Å². The molecule has 0 aliphatic rings. The van der Waals surface area contributed by atoms with E-state index < -0.39 is 5.82 Å². The second-order valence-corrected chi connectivity index (χ2v) is 9.53. The van der Waals surface area contributed by atoms with Crippen LogP contribution in [0.15, 0.2) is 59.2 Å². The number of likely N-dealkylation sites (N-methyl/N-ethyl adjacent to an activating group) is 1. The summed E-state index contributed by atoms with van der Waals surface area (Å²) in [7, 11) is 3.41. The van der Waals surface area contributed by atoms with Gasteiger partial charge in [-0.3, -0.25) is 4.79 Å². The summed E-state index contributed by atoms with van der Waals surface area (Å²) in [6, 6.07) is 11.1. The van der Waals surface area contributed by atoms with Gasteiger partial charge in [-0.2, -0.15) is 5.10 Å². The first kappa shape index (κ1) is 25.8. The fourth-order valence-electron chi connectivity index (χ4n) is 4.24. The third-order valence-electron chi connectivity index (χ3n) is 6.19. The molecule has 39 heavy (non-hydrogen) atoms. The number of phenolic OH excluding ortho intramolecular Hbond substituents is 1. The number of halogens is 1. The van der Waals surface area contributed by atoms with Gasteiger partial charge in [0.2, 0.25) is 0 Å². The zero-order valence-electron chi connectivity index (χ0n) is 21.3. The Labute approximate surface area is 226 Å². The largest absolute Gasteiger partial charge is 0.508 e. The number of hydrogen-bond donors (Lipinski definition) is 2. The summed E-state index contributed by atoms with van der Waals surface area (Å²) in [6.07, 6.45) is 2.10. The molecule has 0 amide bonds. The van der Waals surface area contributed by atoms with Crippen molar-refractivity contribution in [3.05, 3.63) is 71.1 Å². The number of aryl methyl sites for hydroxylation is 1. The quantitative estimate of drug-likeness (QED) is 0.166. The number of aromatic nitrogens is 4. The van der Waals surface area contributed by atoms with Crippen LogP contribution in [-0.2, 0) is 6.54 Å². The highest BCUT2D eigenvalue weighted by Gasteiger charge is 2.22. The summed E-state index contributed by atoms with van der Waals surface area (Å²) in [6.45, 7) is 1.95. The molecule has 0 unspecified atom stereocenters. The molecule has 0 saturated heterocycles. The molecule has 0 spiro atoms. The van der Waals surface area contributed by atoms with Crippen LogP contribution in [0.4, 0.5) is 20.9 Å². The third kappa shape index (κ3) is 4.89. The van der Waals surface area contributed by atoms with Crippen molar-refractivity contribution in [2.24, 2.45) is 4.99 Å².